The second-order valence-corrected chi connectivity index (χ2v) is 4.52. The molecule has 1 aliphatic heterocycles. The van der Waals surface area contributed by atoms with Crippen LogP contribution in [0.4, 0.5) is 8.78 Å². The van der Waals surface area contributed by atoms with Gasteiger partial charge in [-0.15, -0.1) is 0 Å². The number of carbonyl (C=O) groups excluding carboxylic acids is 1. The first-order valence-corrected chi connectivity index (χ1v) is 5.75. The van der Waals surface area contributed by atoms with Crippen molar-refractivity contribution in [3.8, 4) is 5.75 Å². The van der Waals surface area contributed by atoms with E-state index in [9.17, 15) is 13.6 Å². The SMILES string of the molecule is COc1cc(C(=O)N2CCC(F)(F)C2)ccc1C. The molecule has 1 fully saturated rings. The van der Waals surface area contributed by atoms with Crippen molar-refractivity contribution in [2.24, 2.45) is 0 Å². The van der Waals surface area contributed by atoms with Gasteiger partial charge < -0.3 is 9.64 Å². The van der Waals surface area contributed by atoms with Gasteiger partial charge in [-0.25, -0.2) is 8.78 Å². The Kier molecular flexibility index (Phi) is 3.24. The molecule has 3 nitrogen and oxygen atoms in total. The topological polar surface area (TPSA) is 29.5 Å². The average Bonchev–Trinajstić information content (AvgIpc) is 2.69. The number of carbonyl (C=O) groups is 1. The van der Waals surface area contributed by atoms with Crippen LogP contribution in [-0.2, 0) is 0 Å². The number of methoxy groups -OCH3 is 1. The van der Waals surface area contributed by atoms with Crippen LogP contribution in [-0.4, -0.2) is 36.9 Å². The highest BCUT2D eigenvalue weighted by Crippen LogP contribution is 2.28. The molecule has 98 valence electrons. The molecule has 18 heavy (non-hydrogen) atoms. The molecular weight excluding hydrogens is 240 g/mol. The standard InChI is InChI=1S/C13H15F2NO2/c1-9-3-4-10(7-11(9)18-2)12(17)16-6-5-13(14,15)8-16/h3-4,7H,5-6,8H2,1-2H3. The Labute approximate surface area is 104 Å². The zero-order valence-corrected chi connectivity index (χ0v) is 10.4. The van der Waals surface area contributed by atoms with Crippen molar-refractivity contribution < 1.29 is 18.3 Å². The fourth-order valence-corrected chi connectivity index (χ4v) is 2.04. The van der Waals surface area contributed by atoms with Crippen molar-refractivity contribution in [2.45, 2.75) is 19.3 Å². The summed E-state index contributed by atoms with van der Waals surface area (Å²) >= 11 is 0. The number of alkyl halides is 2. The van der Waals surface area contributed by atoms with E-state index in [4.69, 9.17) is 4.74 Å². The van der Waals surface area contributed by atoms with Gasteiger partial charge in [-0.2, -0.15) is 0 Å². The molecule has 0 radical (unpaired) electrons. The van der Waals surface area contributed by atoms with Gasteiger partial charge in [-0.05, 0) is 24.6 Å². The van der Waals surface area contributed by atoms with Crippen LogP contribution in [0.3, 0.4) is 0 Å². The molecular formula is C13H15F2NO2. The van der Waals surface area contributed by atoms with Crippen LogP contribution in [0.15, 0.2) is 18.2 Å². The number of hydrogen-bond acceptors (Lipinski definition) is 2. The van der Waals surface area contributed by atoms with E-state index in [1.165, 1.54) is 12.0 Å². The number of rotatable bonds is 2. The highest BCUT2D eigenvalue weighted by Gasteiger charge is 2.40. The molecule has 0 aliphatic carbocycles. The van der Waals surface area contributed by atoms with Crippen LogP contribution in [0.5, 0.6) is 5.75 Å². The van der Waals surface area contributed by atoms with Crippen LogP contribution in [0, 0.1) is 6.92 Å². The third kappa shape index (κ3) is 2.44. The van der Waals surface area contributed by atoms with Gasteiger partial charge in [-0.3, -0.25) is 4.79 Å². The highest BCUT2D eigenvalue weighted by molar-refractivity contribution is 5.95. The van der Waals surface area contributed by atoms with E-state index < -0.39 is 12.5 Å². The van der Waals surface area contributed by atoms with E-state index in [2.05, 4.69) is 0 Å². The Balaban J connectivity index is 2.19. The fourth-order valence-electron chi connectivity index (χ4n) is 2.04. The van der Waals surface area contributed by atoms with E-state index in [1.807, 2.05) is 6.92 Å². The minimum absolute atomic E-state index is 0.0992. The summed E-state index contributed by atoms with van der Waals surface area (Å²) in [5.41, 5.74) is 1.29. The van der Waals surface area contributed by atoms with Crippen molar-refractivity contribution in [1.82, 2.24) is 4.90 Å². The number of aryl methyl sites for hydroxylation is 1. The number of ether oxygens (including phenoxy) is 1. The monoisotopic (exact) mass is 255 g/mol. The third-order valence-electron chi connectivity index (χ3n) is 3.11. The molecule has 1 heterocycles. The largest absolute Gasteiger partial charge is 0.496 e. The van der Waals surface area contributed by atoms with Crippen LogP contribution >= 0.6 is 0 Å². The Morgan fingerprint density at radius 2 is 2.17 bits per heavy atom. The molecule has 5 heteroatoms. The molecule has 0 bridgehead atoms. The minimum Gasteiger partial charge on any atom is -0.496 e. The van der Waals surface area contributed by atoms with Crippen LogP contribution in [0.1, 0.15) is 22.3 Å². The second kappa shape index (κ2) is 4.55. The van der Waals surface area contributed by atoms with E-state index in [0.29, 0.717) is 11.3 Å². The van der Waals surface area contributed by atoms with Crippen molar-refractivity contribution in [2.75, 3.05) is 20.2 Å². The molecule has 2 rings (SSSR count). The first-order chi connectivity index (χ1) is 8.43. The maximum absolute atomic E-state index is 13.1. The Morgan fingerprint density at radius 3 is 2.72 bits per heavy atom. The molecule has 1 saturated heterocycles. The molecule has 1 aromatic rings. The summed E-state index contributed by atoms with van der Waals surface area (Å²) in [6.07, 6.45) is -0.262. The maximum atomic E-state index is 13.1. The molecule has 0 atom stereocenters. The zero-order valence-electron chi connectivity index (χ0n) is 10.4. The molecule has 0 N–H and O–H groups in total. The molecule has 0 unspecified atom stereocenters. The number of benzene rings is 1. The summed E-state index contributed by atoms with van der Waals surface area (Å²) in [5.74, 6) is -2.54. The van der Waals surface area contributed by atoms with E-state index >= 15 is 0 Å². The summed E-state index contributed by atoms with van der Waals surface area (Å²) in [4.78, 5) is 13.2. The van der Waals surface area contributed by atoms with E-state index in [-0.39, 0.29) is 18.9 Å². The van der Waals surface area contributed by atoms with Gasteiger partial charge in [0.2, 0.25) is 0 Å². The summed E-state index contributed by atoms with van der Waals surface area (Å²) in [6, 6.07) is 4.98. The lowest BCUT2D eigenvalue weighted by atomic mass is 10.1. The predicted octanol–water partition coefficient (Wildman–Crippen LogP) is 2.48. The Hall–Kier alpha value is -1.65. The average molecular weight is 255 g/mol. The maximum Gasteiger partial charge on any atom is 0.267 e. The first-order valence-electron chi connectivity index (χ1n) is 5.75. The van der Waals surface area contributed by atoms with Gasteiger partial charge in [0, 0.05) is 18.5 Å². The summed E-state index contributed by atoms with van der Waals surface area (Å²) in [5, 5.41) is 0. The molecule has 0 saturated carbocycles. The van der Waals surface area contributed by atoms with E-state index in [0.717, 1.165) is 5.56 Å². The lowest BCUT2D eigenvalue weighted by molar-refractivity contribution is 0.0120. The molecule has 1 aliphatic rings. The second-order valence-electron chi connectivity index (χ2n) is 4.52. The van der Waals surface area contributed by atoms with Crippen LogP contribution < -0.4 is 4.74 Å². The zero-order chi connectivity index (χ0) is 13.3. The van der Waals surface area contributed by atoms with Gasteiger partial charge in [-0.1, -0.05) is 6.07 Å². The number of hydrogen-bond donors (Lipinski definition) is 0. The van der Waals surface area contributed by atoms with Crippen molar-refractivity contribution in [3.05, 3.63) is 29.3 Å². The number of nitrogens with zero attached hydrogens (tertiary/aromatic N) is 1. The van der Waals surface area contributed by atoms with Crippen LogP contribution in [0.2, 0.25) is 0 Å². The highest BCUT2D eigenvalue weighted by atomic mass is 19.3. The fraction of sp³-hybridized carbons (Fsp3) is 0.462. The van der Waals surface area contributed by atoms with Gasteiger partial charge in [0.05, 0.1) is 13.7 Å². The number of halogens is 2. The van der Waals surface area contributed by atoms with Crippen molar-refractivity contribution >= 4 is 5.91 Å². The molecule has 1 amide bonds. The van der Waals surface area contributed by atoms with Gasteiger partial charge in [0.15, 0.2) is 0 Å². The smallest absolute Gasteiger partial charge is 0.267 e. The molecule has 0 aromatic heterocycles. The van der Waals surface area contributed by atoms with Crippen molar-refractivity contribution in [3.63, 3.8) is 0 Å². The third-order valence-corrected chi connectivity index (χ3v) is 3.11. The quantitative estimate of drug-likeness (QED) is 0.812. The number of likely N-dealkylation sites (tertiary alicyclic amines) is 1. The first kappa shape index (κ1) is 12.8. The molecule has 0 spiro atoms. The van der Waals surface area contributed by atoms with Gasteiger partial charge in [0.1, 0.15) is 5.75 Å². The lowest BCUT2D eigenvalue weighted by Crippen LogP contribution is -2.31. The normalized spacial score (nSPS) is 17.9. The summed E-state index contributed by atoms with van der Waals surface area (Å²) in [7, 11) is 1.51. The van der Waals surface area contributed by atoms with Gasteiger partial charge >= 0.3 is 0 Å². The summed E-state index contributed by atoms with van der Waals surface area (Å²) in [6.45, 7) is 1.46. The van der Waals surface area contributed by atoms with Crippen LogP contribution in [0.25, 0.3) is 0 Å². The summed E-state index contributed by atoms with van der Waals surface area (Å²) < 4.78 is 31.2. The number of amides is 1. The van der Waals surface area contributed by atoms with Gasteiger partial charge in [0.25, 0.3) is 11.8 Å². The Morgan fingerprint density at radius 1 is 1.44 bits per heavy atom. The van der Waals surface area contributed by atoms with Crippen molar-refractivity contribution in [1.29, 1.82) is 0 Å². The predicted molar refractivity (Wildman–Crippen MR) is 63.2 cm³/mol. The minimum atomic E-state index is -2.76. The van der Waals surface area contributed by atoms with E-state index in [1.54, 1.807) is 18.2 Å². The lowest BCUT2D eigenvalue weighted by Gasteiger charge is -2.16. The molecule has 1 aromatic carbocycles. The Bertz CT molecular complexity index is 474.